The van der Waals surface area contributed by atoms with Crippen molar-refractivity contribution in [2.75, 3.05) is 18.0 Å². The van der Waals surface area contributed by atoms with Gasteiger partial charge in [-0.15, -0.1) is 0 Å². The highest BCUT2D eigenvalue weighted by Gasteiger charge is 2.34. The van der Waals surface area contributed by atoms with Gasteiger partial charge in [-0.2, -0.15) is 0 Å². The molecule has 0 bridgehead atoms. The average molecular weight is 309 g/mol. The number of rotatable bonds is 1. The Balaban J connectivity index is 2.09. The molecule has 2 atom stereocenters. The molecule has 0 aliphatic carbocycles. The Bertz CT molecular complexity index is 515. The van der Waals surface area contributed by atoms with E-state index in [4.69, 9.17) is 4.74 Å². The van der Waals surface area contributed by atoms with Crippen LogP contribution in [0.3, 0.4) is 0 Å². The molecule has 0 unspecified atom stereocenters. The van der Waals surface area contributed by atoms with E-state index < -0.39 is 5.60 Å². The third-order valence-electron chi connectivity index (χ3n) is 3.55. The predicted octanol–water partition coefficient (Wildman–Crippen LogP) is 3.05. The molecule has 6 heteroatoms. The van der Waals surface area contributed by atoms with Crippen molar-refractivity contribution in [1.82, 2.24) is 9.88 Å². The highest BCUT2D eigenvalue weighted by molar-refractivity contribution is 5.69. The number of nitrogens with zero attached hydrogens (tertiary/aromatic N) is 3. The fraction of sp³-hybridized carbons (Fsp3) is 0.625. The molecule has 1 aromatic heterocycles. The van der Waals surface area contributed by atoms with Gasteiger partial charge in [-0.3, -0.25) is 0 Å². The Kier molecular flexibility index (Phi) is 4.58. The van der Waals surface area contributed by atoms with Crippen LogP contribution in [0, 0.1) is 5.82 Å². The molecule has 0 aromatic carbocycles. The summed E-state index contributed by atoms with van der Waals surface area (Å²) in [6.45, 7) is 10.7. The van der Waals surface area contributed by atoms with Gasteiger partial charge < -0.3 is 14.5 Å². The summed E-state index contributed by atoms with van der Waals surface area (Å²) in [4.78, 5) is 20.2. The SMILES string of the molecule is C[C@@H]1CN(C(=O)OC(C)(C)C)C[C@H](C)N1c1ccc(F)cn1. The molecule has 1 fully saturated rings. The number of amides is 1. The lowest BCUT2D eigenvalue weighted by Crippen LogP contribution is -2.59. The molecule has 0 N–H and O–H groups in total. The summed E-state index contributed by atoms with van der Waals surface area (Å²) in [6.07, 6.45) is 0.924. The van der Waals surface area contributed by atoms with Crippen LogP contribution in [0.4, 0.5) is 15.0 Å². The molecule has 2 heterocycles. The third-order valence-corrected chi connectivity index (χ3v) is 3.55. The van der Waals surface area contributed by atoms with Crippen molar-refractivity contribution in [2.45, 2.75) is 52.3 Å². The van der Waals surface area contributed by atoms with Crippen molar-refractivity contribution in [3.05, 3.63) is 24.1 Å². The van der Waals surface area contributed by atoms with Crippen molar-refractivity contribution >= 4 is 11.9 Å². The van der Waals surface area contributed by atoms with Crippen molar-refractivity contribution in [1.29, 1.82) is 0 Å². The van der Waals surface area contributed by atoms with E-state index in [1.54, 1.807) is 11.0 Å². The van der Waals surface area contributed by atoms with E-state index in [2.05, 4.69) is 9.88 Å². The van der Waals surface area contributed by atoms with Crippen molar-refractivity contribution in [3.63, 3.8) is 0 Å². The summed E-state index contributed by atoms with van der Waals surface area (Å²) < 4.78 is 18.5. The predicted molar refractivity (Wildman–Crippen MR) is 83.4 cm³/mol. The lowest BCUT2D eigenvalue weighted by Gasteiger charge is -2.45. The Morgan fingerprint density at radius 1 is 1.27 bits per heavy atom. The smallest absolute Gasteiger partial charge is 0.410 e. The first-order valence-electron chi connectivity index (χ1n) is 7.55. The maximum absolute atomic E-state index is 13.0. The van der Waals surface area contributed by atoms with E-state index in [0.717, 1.165) is 5.82 Å². The molecule has 22 heavy (non-hydrogen) atoms. The molecule has 0 radical (unpaired) electrons. The maximum Gasteiger partial charge on any atom is 0.410 e. The summed E-state index contributed by atoms with van der Waals surface area (Å²) in [5.74, 6) is 0.377. The second kappa shape index (κ2) is 6.10. The van der Waals surface area contributed by atoms with Crippen LogP contribution in [0.5, 0.6) is 0 Å². The molecule has 1 aromatic rings. The van der Waals surface area contributed by atoms with E-state index in [-0.39, 0.29) is 24.0 Å². The summed E-state index contributed by atoms with van der Waals surface area (Å²) >= 11 is 0. The zero-order valence-electron chi connectivity index (χ0n) is 13.8. The van der Waals surface area contributed by atoms with Gasteiger partial charge in [0.1, 0.15) is 17.2 Å². The summed E-state index contributed by atoms with van der Waals surface area (Å²) in [7, 11) is 0. The number of hydrogen-bond acceptors (Lipinski definition) is 4. The van der Waals surface area contributed by atoms with Crippen LogP contribution in [-0.2, 0) is 4.74 Å². The molecular formula is C16H24FN3O2. The number of piperazine rings is 1. The number of pyridine rings is 1. The van der Waals surface area contributed by atoms with E-state index in [9.17, 15) is 9.18 Å². The largest absolute Gasteiger partial charge is 0.444 e. The first kappa shape index (κ1) is 16.5. The second-order valence-electron chi connectivity index (χ2n) is 6.83. The van der Waals surface area contributed by atoms with Crippen molar-refractivity contribution in [2.24, 2.45) is 0 Å². The number of carbonyl (C=O) groups is 1. The quantitative estimate of drug-likeness (QED) is 0.800. The van der Waals surface area contributed by atoms with Gasteiger partial charge in [0.25, 0.3) is 0 Å². The zero-order chi connectivity index (χ0) is 16.5. The van der Waals surface area contributed by atoms with Crippen LogP contribution in [0.15, 0.2) is 18.3 Å². The van der Waals surface area contributed by atoms with Gasteiger partial charge in [0.05, 0.1) is 6.20 Å². The number of aromatic nitrogens is 1. The van der Waals surface area contributed by atoms with Crippen LogP contribution in [0.2, 0.25) is 0 Å². The standard InChI is InChI=1S/C16H24FN3O2/c1-11-9-19(15(21)22-16(3,4)5)10-12(2)20(11)14-7-6-13(17)8-18-14/h6-8,11-12H,9-10H2,1-5H3/t11-,12+. The lowest BCUT2D eigenvalue weighted by molar-refractivity contribution is 0.0192. The molecule has 1 aliphatic heterocycles. The first-order chi connectivity index (χ1) is 10.2. The fourth-order valence-corrected chi connectivity index (χ4v) is 2.77. The van der Waals surface area contributed by atoms with Crippen LogP contribution in [0.25, 0.3) is 0 Å². The van der Waals surface area contributed by atoms with Gasteiger partial charge in [-0.25, -0.2) is 14.2 Å². The molecule has 0 saturated carbocycles. The van der Waals surface area contributed by atoms with Gasteiger partial charge in [-0.1, -0.05) is 0 Å². The minimum absolute atomic E-state index is 0.0780. The third kappa shape index (κ3) is 3.87. The average Bonchev–Trinajstić information content (AvgIpc) is 2.38. The molecular weight excluding hydrogens is 285 g/mol. The van der Waals surface area contributed by atoms with Crippen LogP contribution in [-0.4, -0.2) is 46.8 Å². The van der Waals surface area contributed by atoms with Gasteiger partial charge in [0, 0.05) is 25.2 Å². The summed E-state index contributed by atoms with van der Waals surface area (Å²) in [5.41, 5.74) is -0.501. The molecule has 1 saturated heterocycles. The molecule has 1 aliphatic rings. The van der Waals surface area contributed by atoms with E-state index in [1.807, 2.05) is 34.6 Å². The Hall–Kier alpha value is -1.85. The van der Waals surface area contributed by atoms with Gasteiger partial charge in [-0.05, 0) is 46.8 Å². The Morgan fingerprint density at radius 2 is 1.86 bits per heavy atom. The van der Waals surface area contributed by atoms with Gasteiger partial charge in [0.15, 0.2) is 0 Å². The van der Waals surface area contributed by atoms with Crippen molar-refractivity contribution < 1.29 is 13.9 Å². The fourth-order valence-electron chi connectivity index (χ4n) is 2.77. The van der Waals surface area contributed by atoms with Crippen LogP contribution >= 0.6 is 0 Å². The summed E-state index contributed by atoms with van der Waals surface area (Å²) in [5, 5.41) is 0. The molecule has 122 valence electrons. The Labute approximate surface area is 131 Å². The zero-order valence-corrected chi connectivity index (χ0v) is 13.8. The van der Waals surface area contributed by atoms with Crippen molar-refractivity contribution in [3.8, 4) is 0 Å². The minimum atomic E-state index is -0.501. The van der Waals surface area contributed by atoms with Gasteiger partial charge >= 0.3 is 6.09 Å². The number of ether oxygens (including phenoxy) is 1. The van der Waals surface area contributed by atoms with Gasteiger partial charge in [0.2, 0.25) is 0 Å². The number of halogens is 1. The van der Waals surface area contributed by atoms with E-state index >= 15 is 0 Å². The number of hydrogen-bond donors (Lipinski definition) is 0. The number of carbonyl (C=O) groups excluding carboxylic acids is 1. The molecule has 5 nitrogen and oxygen atoms in total. The second-order valence-corrected chi connectivity index (χ2v) is 6.83. The van der Waals surface area contributed by atoms with Crippen LogP contribution < -0.4 is 4.90 Å². The highest BCUT2D eigenvalue weighted by Crippen LogP contribution is 2.24. The number of anilines is 1. The maximum atomic E-state index is 13.0. The minimum Gasteiger partial charge on any atom is -0.444 e. The monoisotopic (exact) mass is 309 g/mol. The van der Waals surface area contributed by atoms with Crippen LogP contribution in [0.1, 0.15) is 34.6 Å². The topological polar surface area (TPSA) is 45.7 Å². The lowest BCUT2D eigenvalue weighted by atomic mass is 10.1. The summed E-state index contributed by atoms with van der Waals surface area (Å²) in [6, 6.07) is 3.23. The Morgan fingerprint density at radius 3 is 2.32 bits per heavy atom. The van der Waals surface area contributed by atoms with E-state index in [0.29, 0.717) is 13.1 Å². The molecule has 1 amide bonds. The van der Waals surface area contributed by atoms with E-state index in [1.165, 1.54) is 12.3 Å². The first-order valence-corrected chi connectivity index (χ1v) is 7.55. The molecule has 2 rings (SSSR count). The highest BCUT2D eigenvalue weighted by atomic mass is 19.1. The molecule has 0 spiro atoms. The normalized spacial score (nSPS) is 22.6.